The lowest BCUT2D eigenvalue weighted by Gasteiger charge is -2.11. The quantitative estimate of drug-likeness (QED) is 0.871. The third kappa shape index (κ3) is 3.86. The van der Waals surface area contributed by atoms with E-state index in [2.05, 4.69) is 10.3 Å². The first kappa shape index (κ1) is 14.1. The summed E-state index contributed by atoms with van der Waals surface area (Å²) in [6.45, 7) is 0.780. The SMILES string of the molecule is CN(C)Cc1cccc(NC(=O)c2cccc(F)n2)c1. The van der Waals surface area contributed by atoms with Gasteiger partial charge in [0.25, 0.3) is 5.91 Å². The highest BCUT2D eigenvalue weighted by Crippen LogP contribution is 2.13. The van der Waals surface area contributed by atoms with Gasteiger partial charge in [0.2, 0.25) is 5.95 Å². The standard InChI is InChI=1S/C15H16FN3O/c1-19(2)10-11-5-3-6-12(9-11)17-15(20)13-7-4-8-14(16)18-13/h3-9H,10H2,1-2H3,(H,17,20). The minimum atomic E-state index is -0.668. The van der Waals surface area contributed by atoms with E-state index in [9.17, 15) is 9.18 Å². The maximum Gasteiger partial charge on any atom is 0.274 e. The number of carbonyl (C=O) groups excluding carboxylic acids is 1. The predicted molar refractivity (Wildman–Crippen MR) is 76.0 cm³/mol. The van der Waals surface area contributed by atoms with Crippen molar-refractivity contribution in [3.8, 4) is 0 Å². The zero-order valence-corrected chi connectivity index (χ0v) is 11.4. The van der Waals surface area contributed by atoms with Gasteiger partial charge in [0.15, 0.2) is 0 Å². The lowest BCUT2D eigenvalue weighted by molar-refractivity contribution is 0.102. The number of hydrogen-bond acceptors (Lipinski definition) is 3. The highest BCUT2D eigenvalue weighted by molar-refractivity contribution is 6.02. The van der Waals surface area contributed by atoms with Crippen LogP contribution in [0.4, 0.5) is 10.1 Å². The molecule has 0 aliphatic carbocycles. The normalized spacial score (nSPS) is 10.6. The number of carbonyl (C=O) groups is 1. The molecule has 0 atom stereocenters. The first-order chi connectivity index (χ1) is 9.54. The topological polar surface area (TPSA) is 45.2 Å². The van der Waals surface area contributed by atoms with E-state index >= 15 is 0 Å². The number of amides is 1. The van der Waals surface area contributed by atoms with Crippen LogP contribution in [0.1, 0.15) is 16.1 Å². The van der Waals surface area contributed by atoms with Crippen molar-refractivity contribution in [1.29, 1.82) is 0 Å². The molecular weight excluding hydrogens is 257 g/mol. The lowest BCUT2D eigenvalue weighted by Crippen LogP contribution is -2.15. The van der Waals surface area contributed by atoms with Crippen molar-refractivity contribution in [2.24, 2.45) is 0 Å². The van der Waals surface area contributed by atoms with Gasteiger partial charge in [0.1, 0.15) is 5.69 Å². The maximum absolute atomic E-state index is 13.0. The Balaban J connectivity index is 2.11. The van der Waals surface area contributed by atoms with Crippen molar-refractivity contribution in [1.82, 2.24) is 9.88 Å². The van der Waals surface area contributed by atoms with Gasteiger partial charge in [-0.1, -0.05) is 18.2 Å². The molecule has 0 saturated heterocycles. The molecule has 1 aromatic carbocycles. The Labute approximate surface area is 117 Å². The van der Waals surface area contributed by atoms with Crippen molar-refractivity contribution in [3.63, 3.8) is 0 Å². The zero-order valence-electron chi connectivity index (χ0n) is 11.4. The summed E-state index contributed by atoms with van der Waals surface area (Å²) in [7, 11) is 3.95. The van der Waals surface area contributed by atoms with E-state index in [4.69, 9.17) is 0 Å². The van der Waals surface area contributed by atoms with Gasteiger partial charge in [-0.05, 0) is 43.9 Å². The van der Waals surface area contributed by atoms with Gasteiger partial charge < -0.3 is 10.2 Å². The molecule has 0 spiro atoms. The third-order valence-corrected chi connectivity index (χ3v) is 2.63. The van der Waals surface area contributed by atoms with Gasteiger partial charge in [-0.3, -0.25) is 4.79 Å². The predicted octanol–water partition coefficient (Wildman–Crippen LogP) is 2.53. The fourth-order valence-corrected chi connectivity index (χ4v) is 1.84. The Bertz CT molecular complexity index is 614. The molecule has 1 amide bonds. The van der Waals surface area contributed by atoms with Crippen LogP contribution in [0.3, 0.4) is 0 Å². The van der Waals surface area contributed by atoms with Crippen LogP contribution in [0.5, 0.6) is 0 Å². The average molecular weight is 273 g/mol. The molecule has 5 heteroatoms. The highest BCUT2D eigenvalue weighted by atomic mass is 19.1. The summed E-state index contributed by atoms with van der Waals surface area (Å²) in [5.41, 5.74) is 1.81. The summed E-state index contributed by atoms with van der Waals surface area (Å²) in [5.74, 6) is -1.09. The number of nitrogens with zero attached hydrogens (tertiary/aromatic N) is 2. The first-order valence-corrected chi connectivity index (χ1v) is 6.22. The molecule has 0 aliphatic rings. The summed E-state index contributed by atoms with van der Waals surface area (Å²) in [4.78, 5) is 17.5. The number of halogens is 1. The molecule has 4 nitrogen and oxygen atoms in total. The third-order valence-electron chi connectivity index (χ3n) is 2.63. The second kappa shape index (κ2) is 6.25. The minimum Gasteiger partial charge on any atom is -0.321 e. The Morgan fingerprint density at radius 3 is 2.70 bits per heavy atom. The lowest BCUT2D eigenvalue weighted by atomic mass is 10.2. The number of hydrogen-bond donors (Lipinski definition) is 1. The van der Waals surface area contributed by atoms with Gasteiger partial charge in [-0.2, -0.15) is 4.39 Å². The molecule has 0 fully saturated rings. The molecule has 0 saturated carbocycles. The van der Waals surface area contributed by atoms with Crippen molar-refractivity contribution < 1.29 is 9.18 Å². The molecule has 0 bridgehead atoms. The van der Waals surface area contributed by atoms with Crippen LogP contribution in [-0.2, 0) is 6.54 Å². The van der Waals surface area contributed by atoms with E-state index in [0.29, 0.717) is 5.69 Å². The molecule has 104 valence electrons. The van der Waals surface area contributed by atoms with E-state index in [1.165, 1.54) is 18.2 Å². The monoisotopic (exact) mass is 273 g/mol. The number of pyridine rings is 1. The largest absolute Gasteiger partial charge is 0.321 e. The summed E-state index contributed by atoms with van der Waals surface area (Å²) < 4.78 is 13.0. The summed E-state index contributed by atoms with van der Waals surface area (Å²) in [6, 6.07) is 11.7. The van der Waals surface area contributed by atoms with E-state index in [-0.39, 0.29) is 5.69 Å². The molecule has 0 aliphatic heterocycles. The van der Waals surface area contributed by atoms with Crippen LogP contribution >= 0.6 is 0 Å². The molecule has 2 aromatic rings. The zero-order chi connectivity index (χ0) is 14.5. The van der Waals surface area contributed by atoms with Crippen molar-refractivity contribution in [2.75, 3.05) is 19.4 Å². The van der Waals surface area contributed by atoms with Gasteiger partial charge in [0, 0.05) is 12.2 Å². The van der Waals surface area contributed by atoms with Crippen LogP contribution in [0.25, 0.3) is 0 Å². The number of nitrogens with one attached hydrogen (secondary N) is 1. The molecule has 1 aromatic heterocycles. The van der Waals surface area contributed by atoms with E-state index in [1.54, 1.807) is 6.07 Å². The highest BCUT2D eigenvalue weighted by Gasteiger charge is 2.08. The van der Waals surface area contributed by atoms with Crippen molar-refractivity contribution >= 4 is 11.6 Å². The van der Waals surface area contributed by atoms with E-state index < -0.39 is 11.9 Å². The van der Waals surface area contributed by atoms with Crippen LogP contribution in [0.15, 0.2) is 42.5 Å². The Morgan fingerprint density at radius 1 is 1.25 bits per heavy atom. The fraction of sp³-hybridized carbons (Fsp3) is 0.200. The number of anilines is 1. The average Bonchev–Trinajstić information content (AvgIpc) is 2.38. The molecule has 2 rings (SSSR count). The number of rotatable bonds is 4. The number of benzene rings is 1. The van der Waals surface area contributed by atoms with Gasteiger partial charge in [-0.15, -0.1) is 0 Å². The molecule has 0 radical (unpaired) electrons. The van der Waals surface area contributed by atoms with Crippen LogP contribution in [0.2, 0.25) is 0 Å². The van der Waals surface area contributed by atoms with Gasteiger partial charge >= 0.3 is 0 Å². The van der Waals surface area contributed by atoms with E-state index in [0.717, 1.165) is 12.1 Å². The number of aromatic nitrogens is 1. The second-order valence-electron chi connectivity index (χ2n) is 4.74. The van der Waals surface area contributed by atoms with Gasteiger partial charge in [-0.25, -0.2) is 4.98 Å². The van der Waals surface area contributed by atoms with Crippen molar-refractivity contribution in [2.45, 2.75) is 6.54 Å². The minimum absolute atomic E-state index is 0.0583. The molecular formula is C15H16FN3O. The second-order valence-corrected chi connectivity index (χ2v) is 4.74. The summed E-state index contributed by atoms with van der Waals surface area (Å²) in [6.07, 6.45) is 0. The van der Waals surface area contributed by atoms with Crippen molar-refractivity contribution in [3.05, 3.63) is 59.7 Å². The Hall–Kier alpha value is -2.27. The smallest absolute Gasteiger partial charge is 0.274 e. The van der Waals surface area contributed by atoms with Gasteiger partial charge in [0.05, 0.1) is 0 Å². The fourth-order valence-electron chi connectivity index (χ4n) is 1.84. The Kier molecular flexibility index (Phi) is 4.42. The first-order valence-electron chi connectivity index (χ1n) is 6.22. The Morgan fingerprint density at radius 2 is 2.00 bits per heavy atom. The molecule has 20 heavy (non-hydrogen) atoms. The summed E-state index contributed by atoms with van der Waals surface area (Å²) in [5, 5.41) is 2.71. The maximum atomic E-state index is 13.0. The molecule has 1 heterocycles. The summed E-state index contributed by atoms with van der Waals surface area (Å²) >= 11 is 0. The van der Waals surface area contributed by atoms with Crippen LogP contribution in [-0.4, -0.2) is 29.9 Å². The van der Waals surface area contributed by atoms with Crippen LogP contribution < -0.4 is 5.32 Å². The molecule has 1 N–H and O–H groups in total. The van der Waals surface area contributed by atoms with E-state index in [1.807, 2.05) is 37.2 Å². The van der Waals surface area contributed by atoms with Crippen LogP contribution in [0, 0.1) is 5.95 Å². The molecule has 0 unspecified atom stereocenters.